The van der Waals surface area contributed by atoms with Gasteiger partial charge in [0.25, 0.3) is 0 Å². The number of rotatable bonds is 9. The second-order valence-corrected chi connectivity index (χ2v) is 12.0. The lowest BCUT2D eigenvalue weighted by molar-refractivity contribution is -0.139. The van der Waals surface area contributed by atoms with Crippen molar-refractivity contribution in [2.75, 3.05) is 17.1 Å². The molecule has 2 aromatic carbocycles. The zero-order valence-corrected chi connectivity index (χ0v) is 23.1. The average molecular weight is 594 g/mol. The SMILES string of the molecule is C[C@@H](C(=O)NC1CCCC1)N(Cc1ccc(Cl)c(Cl)c1)C(=O)CN(c1cccc(C(F)(F)F)c1)S(C)(=O)=O. The van der Waals surface area contributed by atoms with Gasteiger partial charge in [-0.3, -0.25) is 13.9 Å². The maximum atomic E-state index is 13.6. The molecule has 0 saturated heterocycles. The number of hydrogen-bond acceptors (Lipinski definition) is 4. The predicted octanol–water partition coefficient (Wildman–Crippen LogP) is 5.25. The number of anilines is 1. The molecular weight excluding hydrogens is 566 g/mol. The van der Waals surface area contributed by atoms with E-state index < -0.39 is 46.2 Å². The van der Waals surface area contributed by atoms with Crippen molar-refractivity contribution in [2.24, 2.45) is 0 Å². The van der Waals surface area contributed by atoms with E-state index in [4.69, 9.17) is 23.2 Å². The minimum Gasteiger partial charge on any atom is -0.352 e. The van der Waals surface area contributed by atoms with Crippen LogP contribution in [0.2, 0.25) is 10.0 Å². The Bertz CT molecular complexity index is 1280. The number of halogens is 5. The van der Waals surface area contributed by atoms with Gasteiger partial charge in [-0.05, 0) is 55.7 Å². The standard InChI is InChI=1S/C25H28Cl2F3N3O4S/c1-16(24(35)31-19-7-3-4-8-19)32(14-17-10-11-21(26)22(27)12-17)23(34)15-33(38(2,36)37)20-9-5-6-18(13-20)25(28,29)30/h5-6,9-13,16,19H,3-4,7-8,14-15H2,1-2H3,(H,31,35)/t16-/m0/s1. The molecule has 3 rings (SSSR count). The fraction of sp³-hybridized carbons (Fsp3) is 0.440. The van der Waals surface area contributed by atoms with Crippen LogP contribution in [0.25, 0.3) is 0 Å². The Morgan fingerprint density at radius 2 is 1.74 bits per heavy atom. The zero-order chi connectivity index (χ0) is 28.3. The van der Waals surface area contributed by atoms with Crippen molar-refractivity contribution < 1.29 is 31.2 Å². The molecule has 0 radical (unpaired) electrons. The van der Waals surface area contributed by atoms with Crippen LogP contribution in [0.5, 0.6) is 0 Å². The molecule has 7 nitrogen and oxygen atoms in total. The van der Waals surface area contributed by atoms with Gasteiger partial charge in [0, 0.05) is 12.6 Å². The Labute approximate surface area is 229 Å². The van der Waals surface area contributed by atoms with Crippen LogP contribution in [0.1, 0.15) is 43.7 Å². The molecule has 1 fully saturated rings. The summed E-state index contributed by atoms with van der Waals surface area (Å²) < 4.78 is 65.6. The molecule has 0 heterocycles. The lowest BCUT2D eigenvalue weighted by atomic mass is 10.1. The van der Waals surface area contributed by atoms with Crippen LogP contribution in [-0.4, -0.2) is 50.0 Å². The molecule has 1 aliphatic carbocycles. The summed E-state index contributed by atoms with van der Waals surface area (Å²) in [4.78, 5) is 27.8. The Morgan fingerprint density at radius 1 is 1.08 bits per heavy atom. The summed E-state index contributed by atoms with van der Waals surface area (Å²) in [7, 11) is -4.18. The fourth-order valence-corrected chi connectivity index (χ4v) is 5.42. The van der Waals surface area contributed by atoms with E-state index in [2.05, 4.69) is 5.32 Å². The summed E-state index contributed by atoms with van der Waals surface area (Å²) in [5, 5.41) is 3.43. The lowest BCUT2D eigenvalue weighted by Gasteiger charge is -2.32. The van der Waals surface area contributed by atoms with E-state index in [9.17, 15) is 31.2 Å². The molecule has 38 heavy (non-hydrogen) atoms. The molecule has 0 aliphatic heterocycles. The number of amides is 2. The van der Waals surface area contributed by atoms with Crippen molar-refractivity contribution in [3.63, 3.8) is 0 Å². The number of nitrogens with zero attached hydrogens (tertiary/aromatic N) is 2. The van der Waals surface area contributed by atoms with Crippen molar-refractivity contribution in [3.05, 3.63) is 63.6 Å². The molecule has 1 aliphatic rings. The summed E-state index contributed by atoms with van der Waals surface area (Å²) in [6.45, 7) is 0.576. The molecule has 1 atom stereocenters. The van der Waals surface area contributed by atoms with E-state index in [1.807, 2.05) is 0 Å². The van der Waals surface area contributed by atoms with Crippen LogP contribution in [0.15, 0.2) is 42.5 Å². The Morgan fingerprint density at radius 3 is 2.32 bits per heavy atom. The van der Waals surface area contributed by atoms with Gasteiger partial charge in [0.1, 0.15) is 12.6 Å². The van der Waals surface area contributed by atoms with E-state index in [1.54, 1.807) is 6.07 Å². The molecule has 208 valence electrons. The monoisotopic (exact) mass is 593 g/mol. The molecule has 2 aromatic rings. The second-order valence-electron chi connectivity index (χ2n) is 9.25. The third kappa shape index (κ3) is 7.77. The minimum absolute atomic E-state index is 0.0236. The normalized spacial score (nSPS) is 15.2. The first kappa shape index (κ1) is 30.0. The number of hydrogen-bond donors (Lipinski definition) is 1. The van der Waals surface area contributed by atoms with Crippen molar-refractivity contribution in [3.8, 4) is 0 Å². The van der Waals surface area contributed by atoms with Gasteiger partial charge in [0.15, 0.2) is 0 Å². The number of benzene rings is 2. The summed E-state index contributed by atoms with van der Waals surface area (Å²) in [6, 6.07) is 7.31. The molecule has 0 bridgehead atoms. The summed E-state index contributed by atoms with van der Waals surface area (Å²) in [5.74, 6) is -1.21. The molecule has 0 unspecified atom stereocenters. The van der Waals surface area contributed by atoms with Crippen molar-refractivity contribution in [1.29, 1.82) is 0 Å². The second kappa shape index (κ2) is 12.1. The highest BCUT2D eigenvalue weighted by atomic mass is 35.5. The Kier molecular flexibility index (Phi) is 9.59. The quantitative estimate of drug-likeness (QED) is 0.430. The first-order chi connectivity index (χ1) is 17.7. The maximum absolute atomic E-state index is 13.6. The van der Waals surface area contributed by atoms with Crippen LogP contribution in [-0.2, 0) is 32.3 Å². The van der Waals surface area contributed by atoms with Crippen LogP contribution in [0.3, 0.4) is 0 Å². The molecule has 13 heteroatoms. The molecule has 0 aromatic heterocycles. The predicted molar refractivity (Wildman–Crippen MR) is 141 cm³/mol. The van der Waals surface area contributed by atoms with Crippen molar-refractivity contribution in [2.45, 2.75) is 57.4 Å². The highest BCUT2D eigenvalue weighted by molar-refractivity contribution is 7.92. The van der Waals surface area contributed by atoms with E-state index in [0.717, 1.165) is 44.1 Å². The number of carbonyl (C=O) groups excluding carboxylic acids is 2. The van der Waals surface area contributed by atoms with Gasteiger partial charge < -0.3 is 10.2 Å². The third-order valence-corrected chi connectivity index (χ3v) is 8.23. The maximum Gasteiger partial charge on any atom is 0.416 e. The molecule has 1 N–H and O–H groups in total. The number of carbonyl (C=O) groups is 2. The number of alkyl halides is 3. The number of sulfonamides is 1. The molecular formula is C25H28Cl2F3N3O4S. The van der Waals surface area contributed by atoms with Crippen LogP contribution in [0.4, 0.5) is 18.9 Å². The molecule has 0 spiro atoms. The third-order valence-electron chi connectivity index (χ3n) is 6.35. The minimum atomic E-state index is -4.71. The van der Waals surface area contributed by atoms with Gasteiger partial charge >= 0.3 is 6.18 Å². The van der Waals surface area contributed by atoms with Gasteiger partial charge in [-0.15, -0.1) is 0 Å². The van der Waals surface area contributed by atoms with E-state index in [0.29, 0.717) is 15.9 Å². The summed E-state index contributed by atoms with van der Waals surface area (Å²) in [6.07, 6.45) is -0.333. The lowest BCUT2D eigenvalue weighted by Crippen LogP contribution is -2.52. The zero-order valence-electron chi connectivity index (χ0n) is 20.8. The Balaban J connectivity index is 1.93. The van der Waals surface area contributed by atoms with E-state index >= 15 is 0 Å². The van der Waals surface area contributed by atoms with Gasteiger partial charge in [0.05, 0.1) is 27.6 Å². The first-order valence-corrected chi connectivity index (χ1v) is 14.5. The van der Waals surface area contributed by atoms with E-state index in [1.165, 1.54) is 30.0 Å². The largest absolute Gasteiger partial charge is 0.416 e. The summed E-state index contributed by atoms with van der Waals surface area (Å²) >= 11 is 12.1. The average Bonchev–Trinajstić information content (AvgIpc) is 3.34. The first-order valence-electron chi connectivity index (χ1n) is 11.9. The summed E-state index contributed by atoms with van der Waals surface area (Å²) in [5.41, 5.74) is -0.862. The molecule has 2 amide bonds. The number of nitrogens with one attached hydrogen (secondary N) is 1. The molecule has 1 saturated carbocycles. The fourth-order valence-electron chi connectivity index (χ4n) is 4.26. The van der Waals surface area contributed by atoms with Crippen molar-refractivity contribution >= 4 is 50.7 Å². The van der Waals surface area contributed by atoms with Gasteiger partial charge in [-0.1, -0.05) is 48.2 Å². The highest BCUT2D eigenvalue weighted by Crippen LogP contribution is 2.32. The Hall–Kier alpha value is -2.50. The van der Waals surface area contributed by atoms with Gasteiger partial charge in [-0.25, -0.2) is 8.42 Å². The van der Waals surface area contributed by atoms with Gasteiger partial charge in [0.2, 0.25) is 21.8 Å². The van der Waals surface area contributed by atoms with Gasteiger partial charge in [-0.2, -0.15) is 13.2 Å². The highest BCUT2D eigenvalue weighted by Gasteiger charge is 2.34. The van der Waals surface area contributed by atoms with Crippen LogP contribution < -0.4 is 9.62 Å². The van der Waals surface area contributed by atoms with Crippen LogP contribution in [0, 0.1) is 0 Å². The smallest absolute Gasteiger partial charge is 0.352 e. The van der Waals surface area contributed by atoms with Crippen molar-refractivity contribution in [1.82, 2.24) is 10.2 Å². The van der Waals surface area contributed by atoms with Crippen LogP contribution >= 0.6 is 23.2 Å². The van der Waals surface area contributed by atoms with E-state index in [-0.39, 0.29) is 28.3 Å². The topological polar surface area (TPSA) is 86.8 Å².